The van der Waals surface area contributed by atoms with E-state index >= 15 is 0 Å². The molecule has 2 heterocycles. The Morgan fingerprint density at radius 1 is 1.15 bits per heavy atom. The summed E-state index contributed by atoms with van der Waals surface area (Å²) in [6.45, 7) is 4.75. The molecule has 0 atom stereocenters. The summed E-state index contributed by atoms with van der Waals surface area (Å²) in [4.78, 5) is 20.3. The van der Waals surface area contributed by atoms with Crippen LogP contribution in [0, 0.1) is 13.8 Å². The number of anilines is 1. The predicted molar refractivity (Wildman–Crippen MR) is 103 cm³/mol. The third-order valence-corrected chi connectivity index (χ3v) is 4.71. The first kappa shape index (κ1) is 16.1. The summed E-state index contributed by atoms with van der Waals surface area (Å²) in [6.07, 6.45) is 3.56. The number of fused-ring (bicyclic) bond motifs is 1. The molecule has 5 heteroatoms. The summed E-state index contributed by atoms with van der Waals surface area (Å²) < 4.78 is 1.93. The summed E-state index contributed by atoms with van der Waals surface area (Å²) in [5, 5.41) is 3.99. The number of rotatable bonds is 4. The zero-order valence-corrected chi connectivity index (χ0v) is 14.8. The van der Waals surface area contributed by atoms with E-state index < -0.39 is 0 Å². The van der Waals surface area contributed by atoms with E-state index in [-0.39, 0.29) is 5.91 Å². The lowest BCUT2D eigenvalue weighted by atomic mass is 10.1. The minimum absolute atomic E-state index is 0.161. The highest BCUT2D eigenvalue weighted by Crippen LogP contribution is 2.23. The molecule has 26 heavy (non-hydrogen) atoms. The molecule has 2 aromatic carbocycles. The van der Waals surface area contributed by atoms with Gasteiger partial charge in [0.25, 0.3) is 5.91 Å². The van der Waals surface area contributed by atoms with Crippen molar-refractivity contribution in [1.82, 2.24) is 14.5 Å². The van der Waals surface area contributed by atoms with Gasteiger partial charge in [-0.1, -0.05) is 30.3 Å². The van der Waals surface area contributed by atoms with Crippen LogP contribution in [-0.2, 0) is 6.54 Å². The first-order valence-electron chi connectivity index (χ1n) is 8.57. The maximum absolute atomic E-state index is 12.7. The molecule has 0 aliphatic rings. The Labute approximate surface area is 151 Å². The topological polar surface area (TPSA) is 62.7 Å². The van der Waals surface area contributed by atoms with Crippen molar-refractivity contribution in [3.05, 3.63) is 83.3 Å². The summed E-state index contributed by atoms with van der Waals surface area (Å²) in [5.41, 5.74) is 5.10. The number of carbonyl (C=O) groups is 1. The number of aryl methyl sites for hydroxylation is 2. The molecule has 0 spiro atoms. The largest absolute Gasteiger partial charge is 0.358 e. The number of H-pyrrole nitrogens is 1. The second kappa shape index (κ2) is 6.52. The minimum atomic E-state index is -0.161. The van der Waals surface area contributed by atoms with Crippen LogP contribution in [0.25, 0.3) is 10.9 Å². The van der Waals surface area contributed by atoms with Gasteiger partial charge >= 0.3 is 0 Å². The molecule has 130 valence electrons. The van der Waals surface area contributed by atoms with E-state index in [1.807, 2.05) is 54.1 Å². The molecule has 0 aliphatic carbocycles. The molecule has 4 rings (SSSR count). The number of aromatic amines is 1. The van der Waals surface area contributed by atoms with Gasteiger partial charge in [-0.05, 0) is 43.2 Å². The van der Waals surface area contributed by atoms with Crippen LogP contribution < -0.4 is 5.32 Å². The molecular formula is C21H20N4O. The highest BCUT2D eigenvalue weighted by molar-refractivity contribution is 6.05. The average molecular weight is 344 g/mol. The number of carbonyl (C=O) groups excluding carboxylic acids is 1. The number of nitrogens with zero attached hydrogens (tertiary/aromatic N) is 2. The van der Waals surface area contributed by atoms with Crippen LogP contribution in [-0.4, -0.2) is 20.4 Å². The van der Waals surface area contributed by atoms with Gasteiger partial charge in [-0.2, -0.15) is 0 Å². The molecule has 4 aromatic rings. The summed E-state index contributed by atoms with van der Waals surface area (Å²) in [6, 6.07) is 15.8. The smallest absolute Gasteiger partial charge is 0.257 e. The van der Waals surface area contributed by atoms with Crippen molar-refractivity contribution in [2.45, 2.75) is 20.4 Å². The normalized spacial score (nSPS) is 11.0. The van der Waals surface area contributed by atoms with Gasteiger partial charge in [0.1, 0.15) is 0 Å². The molecule has 5 nitrogen and oxygen atoms in total. The first-order valence-corrected chi connectivity index (χ1v) is 8.57. The van der Waals surface area contributed by atoms with Crippen LogP contribution in [0.4, 0.5) is 5.95 Å². The maximum Gasteiger partial charge on any atom is 0.257 e. The van der Waals surface area contributed by atoms with E-state index in [4.69, 9.17) is 0 Å². The highest BCUT2D eigenvalue weighted by Gasteiger charge is 2.13. The van der Waals surface area contributed by atoms with E-state index in [0.717, 1.165) is 22.2 Å². The lowest BCUT2D eigenvalue weighted by molar-refractivity contribution is 0.102. The zero-order valence-electron chi connectivity index (χ0n) is 14.8. The number of aromatic nitrogens is 3. The Bertz CT molecular complexity index is 1080. The van der Waals surface area contributed by atoms with Gasteiger partial charge in [0.15, 0.2) is 0 Å². The number of nitrogens with one attached hydrogen (secondary N) is 2. The molecule has 0 saturated heterocycles. The predicted octanol–water partition coefficient (Wildman–Crippen LogP) is 4.28. The van der Waals surface area contributed by atoms with Gasteiger partial charge in [0, 0.05) is 34.6 Å². The van der Waals surface area contributed by atoms with Crippen LogP contribution in [0.3, 0.4) is 0 Å². The molecule has 2 N–H and O–H groups in total. The number of hydrogen-bond donors (Lipinski definition) is 2. The van der Waals surface area contributed by atoms with Crippen LogP contribution in [0.1, 0.15) is 27.2 Å². The molecular weight excluding hydrogens is 324 g/mol. The average Bonchev–Trinajstić information content (AvgIpc) is 3.20. The zero-order chi connectivity index (χ0) is 18.1. The van der Waals surface area contributed by atoms with Crippen molar-refractivity contribution < 1.29 is 4.79 Å². The third kappa shape index (κ3) is 2.99. The van der Waals surface area contributed by atoms with Gasteiger partial charge in [0.2, 0.25) is 5.95 Å². The number of hydrogen-bond acceptors (Lipinski definition) is 2. The van der Waals surface area contributed by atoms with Crippen molar-refractivity contribution in [3.63, 3.8) is 0 Å². The fraction of sp³-hybridized carbons (Fsp3) is 0.143. The highest BCUT2D eigenvalue weighted by atomic mass is 16.1. The van der Waals surface area contributed by atoms with E-state index in [1.54, 1.807) is 6.20 Å². The van der Waals surface area contributed by atoms with E-state index in [2.05, 4.69) is 34.3 Å². The standard InChI is InChI=1S/C21H20N4O/c1-14-15(2)23-19-9-8-17(12-18(14)19)20(26)24-21-22-10-11-25(21)13-16-6-4-3-5-7-16/h3-12,23H,13H2,1-2H3,(H,22,24,26). The van der Waals surface area contributed by atoms with Gasteiger partial charge < -0.3 is 9.55 Å². The lowest BCUT2D eigenvalue weighted by Crippen LogP contribution is -2.16. The van der Waals surface area contributed by atoms with Crippen molar-refractivity contribution in [2.75, 3.05) is 5.32 Å². The Kier molecular flexibility index (Phi) is 4.05. The second-order valence-electron chi connectivity index (χ2n) is 6.45. The summed E-state index contributed by atoms with van der Waals surface area (Å²) >= 11 is 0. The number of benzene rings is 2. The molecule has 2 aromatic heterocycles. The van der Waals surface area contributed by atoms with Crippen molar-refractivity contribution >= 4 is 22.8 Å². The second-order valence-corrected chi connectivity index (χ2v) is 6.45. The number of imidazole rings is 1. The summed E-state index contributed by atoms with van der Waals surface area (Å²) in [7, 11) is 0. The van der Waals surface area contributed by atoms with Gasteiger partial charge in [-0.15, -0.1) is 0 Å². The molecule has 0 aliphatic heterocycles. The molecule has 0 bridgehead atoms. The van der Waals surface area contributed by atoms with Gasteiger partial charge in [-0.3, -0.25) is 10.1 Å². The number of amides is 1. The van der Waals surface area contributed by atoms with Crippen molar-refractivity contribution in [2.24, 2.45) is 0 Å². The van der Waals surface area contributed by atoms with Gasteiger partial charge in [0.05, 0.1) is 6.54 Å². The summed E-state index contributed by atoms with van der Waals surface area (Å²) in [5.74, 6) is 0.381. The van der Waals surface area contributed by atoms with Crippen molar-refractivity contribution in [1.29, 1.82) is 0 Å². The minimum Gasteiger partial charge on any atom is -0.358 e. The quantitative estimate of drug-likeness (QED) is 0.580. The van der Waals surface area contributed by atoms with E-state index in [9.17, 15) is 4.79 Å². The Hall–Kier alpha value is -3.34. The van der Waals surface area contributed by atoms with E-state index in [1.165, 1.54) is 5.56 Å². The fourth-order valence-corrected chi connectivity index (χ4v) is 3.12. The Balaban J connectivity index is 1.57. The van der Waals surface area contributed by atoms with Crippen LogP contribution in [0.15, 0.2) is 60.9 Å². The molecule has 0 fully saturated rings. The molecule has 1 amide bonds. The van der Waals surface area contributed by atoms with Gasteiger partial charge in [-0.25, -0.2) is 4.98 Å². The third-order valence-electron chi connectivity index (χ3n) is 4.71. The molecule has 0 unspecified atom stereocenters. The molecule has 0 radical (unpaired) electrons. The Morgan fingerprint density at radius 2 is 1.96 bits per heavy atom. The van der Waals surface area contributed by atoms with Crippen molar-refractivity contribution in [3.8, 4) is 0 Å². The van der Waals surface area contributed by atoms with E-state index in [0.29, 0.717) is 18.1 Å². The fourth-order valence-electron chi connectivity index (χ4n) is 3.12. The monoisotopic (exact) mass is 344 g/mol. The van der Waals surface area contributed by atoms with Crippen LogP contribution in [0.2, 0.25) is 0 Å². The SMILES string of the molecule is Cc1[nH]c2ccc(C(=O)Nc3nccn3Cc3ccccc3)cc2c1C. The van der Waals surface area contributed by atoms with Crippen LogP contribution >= 0.6 is 0 Å². The maximum atomic E-state index is 12.7. The Morgan fingerprint density at radius 3 is 2.77 bits per heavy atom. The van der Waals surface area contributed by atoms with Crippen LogP contribution in [0.5, 0.6) is 0 Å². The molecule has 0 saturated carbocycles. The first-order chi connectivity index (χ1) is 12.6. The lowest BCUT2D eigenvalue weighted by Gasteiger charge is -2.09.